The van der Waals surface area contributed by atoms with Gasteiger partial charge in [-0.25, -0.2) is 0 Å². The summed E-state index contributed by atoms with van der Waals surface area (Å²) in [6.45, 7) is 0. The summed E-state index contributed by atoms with van der Waals surface area (Å²) >= 11 is 9.42. The fourth-order valence-corrected chi connectivity index (χ4v) is 2.65. The lowest BCUT2D eigenvalue weighted by Gasteiger charge is -2.16. The highest BCUT2D eigenvalue weighted by molar-refractivity contribution is 9.10. The molecule has 90 valence electrons. The van der Waals surface area contributed by atoms with Crippen LogP contribution in [0.5, 0.6) is 5.75 Å². The molecule has 3 nitrogen and oxygen atoms in total. The Balaban J connectivity index is 2.50. The summed E-state index contributed by atoms with van der Waals surface area (Å²) in [6.07, 6.45) is 3.19. The van der Waals surface area contributed by atoms with Gasteiger partial charge in [-0.2, -0.15) is 0 Å². The first-order valence-corrected chi connectivity index (χ1v) is 6.11. The zero-order chi connectivity index (χ0) is 12.4. The van der Waals surface area contributed by atoms with Crippen molar-refractivity contribution in [1.82, 2.24) is 0 Å². The van der Waals surface area contributed by atoms with Crippen molar-refractivity contribution < 1.29 is 9.15 Å². The first-order valence-electron chi connectivity index (χ1n) is 4.94. The molecule has 1 heterocycles. The predicted molar refractivity (Wildman–Crippen MR) is 70.4 cm³/mol. The van der Waals surface area contributed by atoms with Crippen LogP contribution in [0.2, 0.25) is 5.02 Å². The Morgan fingerprint density at radius 2 is 2.24 bits per heavy atom. The van der Waals surface area contributed by atoms with Gasteiger partial charge in [-0.05, 0) is 34.1 Å². The molecule has 1 aromatic carbocycles. The number of ether oxygens (including phenoxy) is 1. The number of halogens is 2. The number of methoxy groups -OCH3 is 1. The smallest absolute Gasteiger partial charge is 0.138 e. The molecule has 0 saturated heterocycles. The second kappa shape index (κ2) is 5.12. The number of rotatable bonds is 3. The fourth-order valence-electron chi connectivity index (χ4n) is 1.66. The van der Waals surface area contributed by atoms with Gasteiger partial charge in [-0.1, -0.05) is 11.6 Å². The van der Waals surface area contributed by atoms with Gasteiger partial charge in [0, 0.05) is 16.1 Å². The minimum Gasteiger partial charge on any atom is -0.495 e. The van der Waals surface area contributed by atoms with E-state index in [1.54, 1.807) is 31.8 Å². The second-order valence-electron chi connectivity index (χ2n) is 3.54. The van der Waals surface area contributed by atoms with Gasteiger partial charge in [-0.3, -0.25) is 0 Å². The zero-order valence-corrected chi connectivity index (χ0v) is 11.5. The van der Waals surface area contributed by atoms with Crippen LogP contribution in [0.15, 0.2) is 39.6 Å². The van der Waals surface area contributed by atoms with Crippen LogP contribution in [-0.4, -0.2) is 7.11 Å². The highest BCUT2D eigenvalue weighted by Gasteiger charge is 2.18. The molecule has 5 heteroatoms. The number of hydrogen-bond acceptors (Lipinski definition) is 3. The van der Waals surface area contributed by atoms with Crippen LogP contribution >= 0.6 is 27.5 Å². The van der Waals surface area contributed by atoms with Gasteiger partial charge in [0.15, 0.2) is 0 Å². The van der Waals surface area contributed by atoms with Crippen molar-refractivity contribution >= 4 is 27.5 Å². The van der Waals surface area contributed by atoms with E-state index in [2.05, 4.69) is 15.9 Å². The van der Waals surface area contributed by atoms with E-state index in [-0.39, 0.29) is 6.04 Å². The van der Waals surface area contributed by atoms with Crippen molar-refractivity contribution in [3.05, 3.63) is 51.3 Å². The van der Waals surface area contributed by atoms with Crippen LogP contribution in [0.4, 0.5) is 0 Å². The lowest BCUT2D eigenvalue weighted by atomic mass is 10.0. The van der Waals surface area contributed by atoms with E-state index in [1.807, 2.05) is 6.07 Å². The first kappa shape index (κ1) is 12.5. The number of benzene rings is 1. The molecule has 0 aliphatic carbocycles. The molecule has 0 saturated carbocycles. The van der Waals surface area contributed by atoms with Crippen molar-refractivity contribution in [3.8, 4) is 5.75 Å². The average molecular weight is 317 g/mol. The molecule has 0 amide bonds. The third-order valence-corrected chi connectivity index (χ3v) is 3.29. The SMILES string of the molecule is COc1c(Br)cc(Cl)cc1C(N)c1ccoc1. The quantitative estimate of drug-likeness (QED) is 0.938. The summed E-state index contributed by atoms with van der Waals surface area (Å²) in [5.74, 6) is 0.683. The molecule has 1 unspecified atom stereocenters. The van der Waals surface area contributed by atoms with E-state index in [0.717, 1.165) is 15.6 Å². The Labute approximate surface area is 113 Å². The Hall–Kier alpha value is -0.970. The van der Waals surface area contributed by atoms with Crippen molar-refractivity contribution in [1.29, 1.82) is 0 Å². The number of hydrogen-bond donors (Lipinski definition) is 1. The van der Waals surface area contributed by atoms with Gasteiger partial charge in [0.25, 0.3) is 0 Å². The fraction of sp³-hybridized carbons (Fsp3) is 0.167. The normalized spacial score (nSPS) is 12.5. The van der Waals surface area contributed by atoms with E-state index >= 15 is 0 Å². The molecular formula is C12H11BrClNO2. The molecule has 0 radical (unpaired) electrons. The molecule has 2 N–H and O–H groups in total. The summed E-state index contributed by atoms with van der Waals surface area (Å²) in [4.78, 5) is 0. The van der Waals surface area contributed by atoms with Crippen molar-refractivity contribution in [2.24, 2.45) is 5.73 Å². The lowest BCUT2D eigenvalue weighted by molar-refractivity contribution is 0.405. The van der Waals surface area contributed by atoms with Gasteiger partial charge in [0.1, 0.15) is 5.75 Å². The molecule has 0 aliphatic rings. The van der Waals surface area contributed by atoms with Gasteiger partial charge in [0.05, 0.1) is 30.2 Å². The maximum absolute atomic E-state index is 6.16. The molecule has 2 rings (SSSR count). The molecule has 1 aromatic heterocycles. The molecule has 0 spiro atoms. The minimum atomic E-state index is -0.335. The molecule has 17 heavy (non-hydrogen) atoms. The third kappa shape index (κ3) is 2.49. The maximum atomic E-state index is 6.16. The topological polar surface area (TPSA) is 48.4 Å². The molecule has 0 fully saturated rings. The summed E-state index contributed by atoms with van der Waals surface area (Å²) in [6, 6.07) is 5.05. The summed E-state index contributed by atoms with van der Waals surface area (Å²) in [5, 5.41) is 0.603. The Morgan fingerprint density at radius 3 is 2.82 bits per heavy atom. The van der Waals surface area contributed by atoms with E-state index in [1.165, 1.54) is 0 Å². The molecule has 2 aromatic rings. The number of furan rings is 1. The standard InChI is InChI=1S/C12H11BrClNO2/c1-16-12-9(4-8(14)5-10(12)13)11(15)7-2-3-17-6-7/h2-6,11H,15H2,1H3. The van der Waals surface area contributed by atoms with E-state index in [0.29, 0.717) is 10.8 Å². The molecule has 1 atom stereocenters. The minimum absolute atomic E-state index is 0.335. The van der Waals surface area contributed by atoms with Crippen LogP contribution in [0.25, 0.3) is 0 Å². The van der Waals surface area contributed by atoms with Gasteiger partial charge < -0.3 is 14.9 Å². The molecular weight excluding hydrogens is 305 g/mol. The Kier molecular flexibility index (Phi) is 3.76. The lowest BCUT2D eigenvalue weighted by Crippen LogP contribution is -2.12. The number of nitrogens with two attached hydrogens (primary N) is 1. The van der Waals surface area contributed by atoms with Crippen molar-refractivity contribution in [2.75, 3.05) is 7.11 Å². The maximum Gasteiger partial charge on any atom is 0.138 e. The van der Waals surface area contributed by atoms with Crippen LogP contribution in [0.3, 0.4) is 0 Å². The van der Waals surface area contributed by atoms with Crippen LogP contribution in [-0.2, 0) is 0 Å². The van der Waals surface area contributed by atoms with Crippen LogP contribution < -0.4 is 10.5 Å². The largest absolute Gasteiger partial charge is 0.495 e. The van der Waals surface area contributed by atoms with Crippen molar-refractivity contribution in [3.63, 3.8) is 0 Å². The molecule has 0 bridgehead atoms. The van der Waals surface area contributed by atoms with Gasteiger partial charge >= 0.3 is 0 Å². The van der Waals surface area contributed by atoms with Crippen LogP contribution in [0.1, 0.15) is 17.2 Å². The average Bonchev–Trinajstić information content (AvgIpc) is 2.80. The second-order valence-corrected chi connectivity index (χ2v) is 4.84. The molecule has 0 aliphatic heterocycles. The monoisotopic (exact) mass is 315 g/mol. The summed E-state index contributed by atoms with van der Waals surface area (Å²) in [5.41, 5.74) is 7.84. The zero-order valence-electron chi connectivity index (χ0n) is 9.11. The van der Waals surface area contributed by atoms with Gasteiger partial charge in [0.2, 0.25) is 0 Å². The van der Waals surface area contributed by atoms with Crippen molar-refractivity contribution in [2.45, 2.75) is 6.04 Å². The highest BCUT2D eigenvalue weighted by Crippen LogP contribution is 2.37. The van der Waals surface area contributed by atoms with E-state index in [9.17, 15) is 0 Å². The third-order valence-electron chi connectivity index (χ3n) is 2.48. The predicted octanol–water partition coefficient (Wildman–Crippen LogP) is 3.75. The highest BCUT2D eigenvalue weighted by atomic mass is 79.9. The van der Waals surface area contributed by atoms with E-state index < -0.39 is 0 Å². The Bertz CT molecular complexity index is 513. The summed E-state index contributed by atoms with van der Waals surface area (Å²) < 4.78 is 11.1. The van der Waals surface area contributed by atoms with E-state index in [4.69, 9.17) is 26.5 Å². The first-order chi connectivity index (χ1) is 8.13. The van der Waals surface area contributed by atoms with Crippen LogP contribution in [0, 0.1) is 0 Å². The summed E-state index contributed by atoms with van der Waals surface area (Å²) in [7, 11) is 1.60. The van der Waals surface area contributed by atoms with Gasteiger partial charge in [-0.15, -0.1) is 0 Å². The Morgan fingerprint density at radius 1 is 1.47 bits per heavy atom.